The van der Waals surface area contributed by atoms with Crippen LogP contribution in [0, 0.1) is 0 Å². The molecule has 4 aromatic rings. The minimum atomic E-state index is -1.34. The minimum Gasteiger partial charge on any atom is -0.457 e. The first-order valence-corrected chi connectivity index (χ1v) is 9.36. The summed E-state index contributed by atoms with van der Waals surface area (Å²) in [4.78, 5) is 35.7. The summed E-state index contributed by atoms with van der Waals surface area (Å²) in [5.41, 5.74) is 0.706. The predicted molar refractivity (Wildman–Crippen MR) is 109 cm³/mol. The van der Waals surface area contributed by atoms with Gasteiger partial charge in [-0.15, -0.1) is 0 Å². The molecule has 5 heteroatoms. The van der Waals surface area contributed by atoms with Crippen molar-refractivity contribution in [1.82, 2.24) is 0 Å². The van der Waals surface area contributed by atoms with E-state index in [1.165, 1.54) is 12.3 Å². The second-order valence-electron chi connectivity index (χ2n) is 6.57. The van der Waals surface area contributed by atoms with Crippen LogP contribution in [0.5, 0.6) is 0 Å². The van der Waals surface area contributed by atoms with E-state index < -0.39 is 17.4 Å². The third kappa shape index (κ3) is 3.49. The van der Waals surface area contributed by atoms with Crippen molar-refractivity contribution in [3.05, 3.63) is 132 Å². The minimum absolute atomic E-state index is 0.0625. The normalized spacial score (nSPS) is 10.9. The monoisotopic (exact) mass is 398 g/mol. The summed E-state index contributed by atoms with van der Waals surface area (Å²) in [6, 6.07) is 30.7. The second-order valence-corrected chi connectivity index (χ2v) is 6.57. The van der Waals surface area contributed by atoms with Crippen LogP contribution in [-0.4, -0.2) is 11.9 Å². The molecule has 0 spiro atoms. The van der Waals surface area contributed by atoms with Gasteiger partial charge in [0.1, 0.15) is 5.41 Å². The average Bonchev–Trinajstić information content (AvgIpc) is 3.35. The SMILES string of the molecule is O=C(OOC(=O)C(c1ccccc1)(c1ccccc1)c1ccccc1)c1ccco1. The molecule has 0 aliphatic heterocycles. The van der Waals surface area contributed by atoms with Gasteiger partial charge in [-0.1, -0.05) is 91.0 Å². The molecule has 4 rings (SSSR count). The van der Waals surface area contributed by atoms with Crippen LogP contribution in [0.25, 0.3) is 0 Å². The molecule has 30 heavy (non-hydrogen) atoms. The van der Waals surface area contributed by atoms with Gasteiger partial charge in [0.05, 0.1) is 6.26 Å². The molecule has 0 bridgehead atoms. The standard InChI is InChI=1S/C25H18O5/c26-23(22-17-10-18-28-22)29-30-24(27)25(19-11-4-1-5-12-19,20-13-6-2-7-14-20)21-15-8-3-9-16-21/h1-18H. The Bertz CT molecular complexity index is 1010. The zero-order valence-corrected chi connectivity index (χ0v) is 15.9. The zero-order chi connectivity index (χ0) is 20.8. The van der Waals surface area contributed by atoms with Gasteiger partial charge in [0.25, 0.3) is 0 Å². The molecule has 1 heterocycles. The Morgan fingerprint density at radius 3 is 1.47 bits per heavy atom. The Morgan fingerprint density at radius 2 is 1.07 bits per heavy atom. The van der Waals surface area contributed by atoms with Crippen molar-refractivity contribution in [2.24, 2.45) is 0 Å². The molecule has 0 amide bonds. The largest absolute Gasteiger partial charge is 0.457 e. The van der Waals surface area contributed by atoms with Crippen molar-refractivity contribution in [2.75, 3.05) is 0 Å². The van der Waals surface area contributed by atoms with Crippen molar-refractivity contribution in [2.45, 2.75) is 5.41 Å². The first-order chi connectivity index (χ1) is 14.7. The van der Waals surface area contributed by atoms with Crippen LogP contribution in [0.15, 0.2) is 114 Å². The number of hydrogen-bond donors (Lipinski definition) is 0. The van der Waals surface area contributed by atoms with Crippen molar-refractivity contribution in [1.29, 1.82) is 0 Å². The van der Waals surface area contributed by atoms with Crippen LogP contribution >= 0.6 is 0 Å². The lowest BCUT2D eigenvalue weighted by Crippen LogP contribution is -2.40. The Morgan fingerprint density at radius 1 is 0.600 bits per heavy atom. The maximum absolute atomic E-state index is 13.6. The van der Waals surface area contributed by atoms with E-state index in [1.807, 2.05) is 91.0 Å². The molecule has 148 valence electrons. The van der Waals surface area contributed by atoms with Crippen LogP contribution in [-0.2, 0) is 20.0 Å². The van der Waals surface area contributed by atoms with E-state index >= 15 is 0 Å². The summed E-state index contributed by atoms with van der Waals surface area (Å²) in [5.74, 6) is -1.70. The van der Waals surface area contributed by atoms with Crippen molar-refractivity contribution < 1.29 is 23.8 Å². The quantitative estimate of drug-likeness (QED) is 0.271. The van der Waals surface area contributed by atoms with Crippen LogP contribution in [0.3, 0.4) is 0 Å². The zero-order valence-electron chi connectivity index (χ0n) is 15.9. The van der Waals surface area contributed by atoms with E-state index in [4.69, 9.17) is 14.2 Å². The molecular formula is C25H18O5. The van der Waals surface area contributed by atoms with Crippen LogP contribution in [0.1, 0.15) is 27.2 Å². The second kappa shape index (κ2) is 8.49. The Kier molecular flexibility index (Phi) is 5.44. The highest BCUT2D eigenvalue weighted by Gasteiger charge is 2.46. The topological polar surface area (TPSA) is 65.7 Å². The summed E-state index contributed by atoms with van der Waals surface area (Å²) in [5, 5.41) is 0. The fourth-order valence-corrected chi connectivity index (χ4v) is 3.49. The summed E-state index contributed by atoms with van der Waals surface area (Å²) in [6.07, 6.45) is 1.33. The van der Waals surface area contributed by atoms with Gasteiger partial charge in [-0.2, -0.15) is 0 Å². The molecular weight excluding hydrogens is 380 g/mol. The van der Waals surface area contributed by atoms with Crippen molar-refractivity contribution >= 4 is 11.9 Å². The van der Waals surface area contributed by atoms with Gasteiger partial charge in [0.2, 0.25) is 5.76 Å². The Labute approximate surface area is 173 Å². The van der Waals surface area contributed by atoms with Crippen molar-refractivity contribution in [3.63, 3.8) is 0 Å². The molecule has 0 atom stereocenters. The summed E-state index contributed by atoms with van der Waals surface area (Å²) < 4.78 is 5.00. The molecule has 0 saturated heterocycles. The predicted octanol–water partition coefficient (Wildman–Crippen LogP) is 4.93. The number of furan rings is 1. The molecule has 5 nitrogen and oxygen atoms in total. The Hall–Kier alpha value is -4.12. The number of rotatable bonds is 5. The molecule has 0 unspecified atom stereocenters. The molecule has 0 saturated carbocycles. The van der Waals surface area contributed by atoms with Gasteiger partial charge < -0.3 is 4.42 Å². The van der Waals surface area contributed by atoms with Gasteiger partial charge in [-0.05, 0) is 28.8 Å². The first-order valence-electron chi connectivity index (χ1n) is 9.36. The molecule has 0 aliphatic carbocycles. The number of hydrogen-bond acceptors (Lipinski definition) is 5. The highest BCUT2D eigenvalue weighted by atomic mass is 17.2. The van der Waals surface area contributed by atoms with Gasteiger partial charge in [0.15, 0.2) is 0 Å². The van der Waals surface area contributed by atoms with E-state index in [9.17, 15) is 9.59 Å². The molecule has 0 radical (unpaired) electrons. The highest BCUT2D eigenvalue weighted by Crippen LogP contribution is 2.40. The molecule has 1 aromatic heterocycles. The summed E-state index contributed by atoms with van der Waals surface area (Å²) in [6.45, 7) is 0. The summed E-state index contributed by atoms with van der Waals surface area (Å²) >= 11 is 0. The van der Waals surface area contributed by atoms with E-state index in [0.717, 1.165) is 0 Å². The van der Waals surface area contributed by atoms with E-state index in [-0.39, 0.29) is 5.76 Å². The van der Waals surface area contributed by atoms with Gasteiger partial charge in [0, 0.05) is 0 Å². The third-order valence-electron chi connectivity index (χ3n) is 4.84. The molecule has 0 N–H and O–H groups in total. The maximum Gasteiger partial charge on any atom is 0.421 e. The van der Waals surface area contributed by atoms with Crippen LogP contribution in [0.4, 0.5) is 0 Å². The molecule has 0 aliphatic rings. The lowest BCUT2D eigenvalue weighted by molar-refractivity contribution is -0.238. The van der Waals surface area contributed by atoms with E-state index in [0.29, 0.717) is 16.7 Å². The van der Waals surface area contributed by atoms with Gasteiger partial charge >= 0.3 is 11.9 Å². The van der Waals surface area contributed by atoms with E-state index in [1.54, 1.807) is 6.07 Å². The Balaban J connectivity index is 1.82. The van der Waals surface area contributed by atoms with Crippen LogP contribution in [0.2, 0.25) is 0 Å². The number of benzene rings is 3. The highest BCUT2D eigenvalue weighted by molar-refractivity contribution is 5.93. The lowest BCUT2D eigenvalue weighted by Gasteiger charge is -2.32. The maximum atomic E-state index is 13.6. The molecule has 3 aromatic carbocycles. The lowest BCUT2D eigenvalue weighted by atomic mass is 9.69. The smallest absolute Gasteiger partial charge is 0.421 e. The van der Waals surface area contributed by atoms with Crippen molar-refractivity contribution in [3.8, 4) is 0 Å². The fourth-order valence-electron chi connectivity index (χ4n) is 3.49. The average molecular weight is 398 g/mol. The third-order valence-corrected chi connectivity index (χ3v) is 4.84. The van der Waals surface area contributed by atoms with Gasteiger partial charge in [-0.25, -0.2) is 19.4 Å². The molecule has 0 fully saturated rings. The summed E-state index contributed by atoms with van der Waals surface area (Å²) in [7, 11) is 0. The fraction of sp³-hybridized carbons (Fsp3) is 0.0400. The number of carbonyl (C=O) groups is 2. The van der Waals surface area contributed by atoms with Gasteiger partial charge in [-0.3, -0.25) is 0 Å². The van der Waals surface area contributed by atoms with Crippen LogP contribution < -0.4 is 0 Å². The number of carbonyl (C=O) groups excluding carboxylic acids is 2. The van der Waals surface area contributed by atoms with E-state index in [2.05, 4.69) is 0 Å². The first kappa shape index (κ1) is 19.2.